The summed E-state index contributed by atoms with van der Waals surface area (Å²) in [4.78, 5) is 4.32. The average Bonchev–Trinajstić information content (AvgIpc) is 2.82. The van der Waals surface area contributed by atoms with Crippen LogP contribution in [0.25, 0.3) is 0 Å². The van der Waals surface area contributed by atoms with Gasteiger partial charge in [0.15, 0.2) is 5.82 Å². The third kappa shape index (κ3) is 2.12. The highest BCUT2D eigenvalue weighted by molar-refractivity contribution is 5.04. The Morgan fingerprint density at radius 3 is 2.79 bits per heavy atom. The highest BCUT2D eigenvalue weighted by Crippen LogP contribution is 2.38. The molecule has 0 amide bonds. The van der Waals surface area contributed by atoms with E-state index < -0.39 is 0 Å². The molecule has 0 radical (unpaired) electrons. The normalized spacial score (nSPS) is 18.9. The number of aromatic nitrogens is 2. The van der Waals surface area contributed by atoms with E-state index >= 15 is 0 Å². The van der Waals surface area contributed by atoms with Crippen LogP contribution in [-0.4, -0.2) is 10.1 Å². The van der Waals surface area contributed by atoms with Crippen molar-refractivity contribution in [3.8, 4) is 0 Å². The molecule has 2 rings (SSSR count). The highest BCUT2D eigenvalue weighted by atomic mass is 16.5. The lowest BCUT2D eigenvalue weighted by molar-refractivity contribution is 0.332. The Morgan fingerprint density at radius 2 is 2.21 bits per heavy atom. The van der Waals surface area contributed by atoms with E-state index in [9.17, 15) is 0 Å². The molecule has 1 aliphatic carbocycles. The van der Waals surface area contributed by atoms with Crippen LogP contribution in [0.15, 0.2) is 4.52 Å². The van der Waals surface area contributed by atoms with Gasteiger partial charge < -0.3 is 10.3 Å². The van der Waals surface area contributed by atoms with E-state index in [0.29, 0.717) is 17.7 Å². The van der Waals surface area contributed by atoms with Crippen molar-refractivity contribution in [2.75, 3.05) is 0 Å². The molecule has 4 heteroatoms. The molecule has 1 heterocycles. The summed E-state index contributed by atoms with van der Waals surface area (Å²) in [5, 5.41) is 3.94. The summed E-state index contributed by atoms with van der Waals surface area (Å²) in [5.41, 5.74) is 5.93. The summed E-state index contributed by atoms with van der Waals surface area (Å²) < 4.78 is 5.14. The van der Waals surface area contributed by atoms with Crippen LogP contribution in [0.3, 0.4) is 0 Å². The lowest BCUT2D eigenvalue weighted by Crippen LogP contribution is -2.13. The van der Waals surface area contributed by atoms with E-state index in [4.69, 9.17) is 10.3 Å². The van der Waals surface area contributed by atoms with Crippen LogP contribution in [-0.2, 0) is 0 Å². The van der Waals surface area contributed by atoms with Gasteiger partial charge >= 0.3 is 0 Å². The summed E-state index contributed by atoms with van der Waals surface area (Å²) in [6, 6.07) is -0.102. The van der Waals surface area contributed by atoms with E-state index in [1.54, 1.807) is 0 Å². The van der Waals surface area contributed by atoms with Gasteiger partial charge in [-0.2, -0.15) is 4.98 Å². The maximum absolute atomic E-state index is 5.93. The Balaban J connectivity index is 2.00. The van der Waals surface area contributed by atoms with Crippen molar-refractivity contribution in [2.24, 2.45) is 11.7 Å². The Bertz CT molecular complexity index is 304. The molecule has 1 aromatic rings. The van der Waals surface area contributed by atoms with E-state index in [1.165, 1.54) is 12.8 Å². The first-order valence-electron chi connectivity index (χ1n) is 5.26. The van der Waals surface area contributed by atoms with Gasteiger partial charge in [0, 0.05) is 5.92 Å². The molecule has 1 saturated carbocycles. The second kappa shape index (κ2) is 3.69. The van der Waals surface area contributed by atoms with Crippen molar-refractivity contribution in [3.63, 3.8) is 0 Å². The quantitative estimate of drug-likeness (QED) is 0.798. The molecule has 1 unspecified atom stereocenters. The van der Waals surface area contributed by atoms with Crippen LogP contribution in [0.1, 0.15) is 56.8 Å². The maximum Gasteiger partial charge on any atom is 0.243 e. The Labute approximate surface area is 83.9 Å². The fourth-order valence-electron chi connectivity index (χ4n) is 1.51. The fraction of sp³-hybridized carbons (Fsp3) is 0.800. The standard InChI is InChI=1S/C10H17N3O/c1-6(2)5-8(11)10-12-9(13-14-10)7-3-4-7/h6-8H,3-5,11H2,1-2H3. The summed E-state index contributed by atoms with van der Waals surface area (Å²) in [6.07, 6.45) is 3.28. The monoisotopic (exact) mass is 195 g/mol. The number of hydrogen-bond donors (Lipinski definition) is 1. The van der Waals surface area contributed by atoms with Gasteiger partial charge in [0.05, 0.1) is 6.04 Å². The van der Waals surface area contributed by atoms with E-state index in [2.05, 4.69) is 24.0 Å². The zero-order chi connectivity index (χ0) is 10.1. The van der Waals surface area contributed by atoms with Crippen LogP contribution in [0.2, 0.25) is 0 Å². The number of hydrogen-bond acceptors (Lipinski definition) is 4. The molecule has 0 bridgehead atoms. The minimum atomic E-state index is -0.102. The average molecular weight is 195 g/mol. The zero-order valence-electron chi connectivity index (χ0n) is 8.73. The SMILES string of the molecule is CC(C)CC(N)c1nc(C2CC2)no1. The predicted octanol–water partition coefficient (Wildman–Crippen LogP) is 1.99. The van der Waals surface area contributed by atoms with Crippen molar-refractivity contribution in [1.29, 1.82) is 0 Å². The van der Waals surface area contributed by atoms with E-state index in [0.717, 1.165) is 12.2 Å². The first-order valence-corrected chi connectivity index (χ1v) is 5.26. The van der Waals surface area contributed by atoms with E-state index in [-0.39, 0.29) is 6.04 Å². The van der Waals surface area contributed by atoms with Crippen LogP contribution >= 0.6 is 0 Å². The van der Waals surface area contributed by atoms with Crippen LogP contribution in [0.4, 0.5) is 0 Å². The summed E-state index contributed by atoms with van der Waals surface area (Å²) >= 11 is 0. The van der Waals surface area contributed by atoms with Gasteiger partial charge in [-0.15, -0.1) is 0 Å². The van der Waals surface area contributed by atoms with Gasteiger partial charge in [-0.25, -0.2) is 0 Å². The second-order valence-corrected chi connectivity index (χ2v) is 4.50. The Morgan fingerprint density at radius 1 is 1.50 bits per heavy atom. The molecule has 78 valence electrons. The van der Waals surface area contributed by atoms with Crippen LogP contribution in [0.5, 0.6) is 0 Å². The molecule has 1 atom stereocenters. The van der Waals surface area contributed by atoms with Crippen molar-refractivity contribution in [1.82, 2.24) is 10.1 Å². The topological polar surface area (TPSA) is 64.9 Å². The Kier molecular flexibility index (Phi) is 2.54. The number of rotatable bonds is 4. The minimum absolute atomic E-state index is 0.102. The molecule has 0 aliphatic heterocycles. The molecule has 2 N–H and O–H groups in total. The van der Waals surface area contributed by atoms with Gasteiger partial charge in [-0.3, -0.25) is 0 Å². The number of nitrogens with zero attached hydrogens (tertiary/aromatic N) is 2. The van der Waals surface area contributed by atoms with Crippen molar-refractivity contribution >= 4 is 0 Å². The molecule has 1 aromatic heterocycles. The molecule has 1 aliphatic rings. The van der Waals surface area contributed by atoms with Gasteiger partial charge in [0.25, 0.3) is 0 Å². The highest BCUT2D eigenvalue weighted by Gasteiger charge is 2.29. The molecular weight excluding hydrogens is 178 g/mol. The van der Waals surface area contributed by atoms with Gasteiger partial charge in [0.2, 0.25) is 5.89 Å². The molecule has 0 saturated heterocycles. The molecule has 1 fully saturated rings. The van der Waals surface area contributed by atoms with Crippen molar-refractivity contribution in [2.45, 2.75) is 45.1 Å². The second-order valence-electron chi connectivity index (χ2n) is 4.50. The summed E-state index contributed by atoms with van der Waals surface area (Å²) in [7, 11) is 0. The number of nitrogens with two attached hydrogens (primary N) is 1. The molecule has 0 spiro atoms. The molecule has 14 heavy (non-hydrogen) atoms. The van der Waals surface area contributed by atoms with Crippen molar-refractivity contribution in [3.05, 3.63) is 11.7 Å². The Hall–Kier alpha value is -0.900. The summed E-state index contributed by atoms with van der Waals surface area (Å²) in [6.45, 7) is 4.27. The lowest BCUT2D eigenvalue weighted by atomic mass is 10.0. The molecule has 4 nitrogen and oxygen atoms in total. The predicted molar refractivity (Wildman–Crippen MR) is 52.7 cm³/mol. The van der Waals surface area contributed by atoms with E-state index in [1.807, 2.05) is 0 Å². The van der Waals surface area contributed by atoms with Crippen LogP contribution < -0.4 is 5.73 Å². The van der Waals surface area contributed by atoms with Gasteiger partial charge in [0.1, 0.15) is 0 Å². The smallest absolute Gasteiger partial charge is 0.243 e. The third-order valence-electron chi connectivity index (χ3n) is 2.44. The lowest BCUT2D eigenvalue weighted by Gasteiger charge is -2.08. The minimum Gasteiger partial charge on any atom is -0.338 e. The summed E-state index contributed by atoms with van der Waals surface area (Å²) in [5.74, 6) is 2.54. The largest absolute Gasteiger partial charge is 0.338 e. The van der Waals surface area contributed by atoms with Gasteiger partial charge in [-0.1, -0.05) is 19.0 Å². The molecular formula is C10H17N3O. The first-order chi connectivity index (χ1) is 6.66. The van der Waals surface area contributed by atoms with Crippen molar-refractivity contribution < 1.29 is 4.52 Å². The van der Waals surface area contributed by atoms with Crippen LogP contribution in [0, 0.1) is 5.92 Å². The fourth-order valence-corrected chi connectivity index (χ4v) is 1.51. The third-order valence-corrected chi connectivity index (χ3v) is 2.44. The zero-order valence-corrected chi connectivity index (χ0v) is 8.73. The van der Waals surface area contributed by atoms with Gasteiger partial charge in [-0.05, 0) is 25.2 Å². The maximum atomic E-state index is 5.93. The first kappa shape index (κ1) is 9.65. The molecule has 0 aromatic carbocycles.